The Morgan fingerprint density at radius 1 is 1.33 bits per heavy atom. The average Bonchev–Trinajstić information content (AvgIpc) is 2.20. The van der Waals surface area contributed by atoms with Gasteiger partial charge in [0.2, 0.25) is 0 Å². The van der Waals surface area contributed by atoms with Crippen molar-refractivity contribution in [2.45, 2.75) is 13.3 Å². The van der Waals surface area contributed by atoms with E-state index in [0.717, 1.165) is 36.2 Å². The summed E-state index contributed by atoms with van der Waals surface area (Å²) in [6.07, 6.45) is 3.06. The van der Waals surface area contributed by atoms with Crippen LogP contribution < -0.4 is 0 Å². The number of likely N-dealkylation sites (N-methyl/N-ethyl adjacent to an activating group) is 1. The number of rotatable bonds is 1. The molecule has 0 unspecified atom stereocenters. The molecule has 1 aromatic carbocycles. The molecule has 0 saturated carbocycles. The van der Waals surface area contributed by atoms with Crippen LogP contribution in [0, 0.1) is 12.7 Å². The van der Waals surface area contributed by atoms with E-state index in [0.29, 0.717) is 0 Å². The van der Waals surface area contributed by atoms with Gasteiger partial charge in [0.05, 0.1) is 0 Å². The van der Waals surface area contributed by atoms with Crippen molar-refractivity contribution in [3.8, 4) is 0 Å². The molecule has 0 fully saturated rings. The van der Waals surface area contributed by atoms with Gasteiger partial charge >= 0.3 is 0 Å². The van der Waals surface area contributed by atoms with Crippen molar-refractivity contribution in [2.75, 3.05) is 20.1 Å². The van der Waals surface area contributed by atoms with Gasteiger partial charge in [0.15, 0.2) is 0 Å². The smallest absolute Gasteiger partial charge is 0.130 e. The lowest BCUT2D eigenvalue weighted by Crippen LogP contribution is -2.23. The van der Waals surface area contributed by atoms with Crippen molar-refractivity contribution < 1.29 is 4.39 Å². The van der Waals surface area contributed by atoms with Gasteiger partial charge in [0, 0.05) is 18.7 Å². The van der Waals surface area contributed by atoms with Crippen molar-refractivity contribution in [3.63, 3.8) is 0 Å². The first kappa shape index (κ1) is 10.4. The standard InChI is InChI=1S/C13H16FN/c1-10-3-4-12(13(14)9-10)11-5-7-15(2)8-6-11/h3-5,9H,6-8H2,1-2H3. The van der Waals surface area contributed by atoms with E-state index in [1.165, 1.54) is 0 Å². The Bertz CT molecular complexity index is 396. The van der Waals surface area contributed by atoms with E-state index in [4.69, 9.17) is 0 Å². The Balaban J connectivity index is 2.30. The van der Waals surface area contributed by atoms with Crippen LogP contribution in [-0.4, -0.2) is 25.0 Å². The first-order valence-electron chi connectivity index (χ1n) is 5.31. The molecule has 1 aliphatic heterocycles. The number of aryl methyl sites for hydroxylation is 1. The van der Waals surface area contributed by atoms with Crippen LogP contribution in [-0.2, 0) is 0 Å². The van der Waals surface area contributed by atoms with Crippen LogP contribution in [0.1, 0.15) is 17.5 Å². The molecule has 0 aliphatic carbocycles. The molecule has 80 valence electrons. The van der Waals surface area contributed by atoms with Gasteiger partial charge in [-0.25, -0.2) is 4.39 Å². The summed E-state index contributed by atoms with van der Waals surface area (Å²) in [6.45, 7) is 3.84. The third kappa shape index (κ3) is 2.26. The number of hydrogen-bond donors (Lipinski definition) is 0. The predicted octanol–water partition coefficient (Wildman–Crippen LogP) is 2.85. The summed E-state index contributed by atoms with van der Waals surface area (Å²) < 4.78 is 13.7. The van der Waals surface area contributed by atoms with Gasteiger partial charge in [-0.2, -0.15) is 0 Å². The van der Waals surface area contributed by atoms with Crippen LogP contribution in [0.3, 0.4) is 0 Å². The summed E-state index contributed by atoms with van der Waals surface area (Å²) >= 11 is 0. The van der Waals surface area contributed by atoms with Crippen LogP contribution in [0.4, 0.5) is 4.39 Å². The zero-order valence-electron chi connectivity index (χ0n) is 9.26. The summed E-state index contributed by atoms with van der Waals surface area (Å²) in [4.78, 5) is 2.23. The number of halogens is 1. The van der Waals surface area contributed by atoms with E-state index < -0.39 is 0 Å². The molecular weight excluding hydrogens is 189 g/mol. The van der Waals surface area contributed by atoms with E-state index in [1.54, 1.807) is 6.07 Å². The number of hydrogen-bond acceptors (Lipinski definition) is 1. The maximum absolute atomic E-state index is 13.7. The molecular formula is C13H16FN. The summed E-state index contributed by atoms with van der Waals surface area (Å²) in [5.74, 6) is -0.0918. The number of benzene rings is 1. The third-order valence-corrected chi connectivity index (χ3v) is 2.88. The van der Waals surface area contributed by atoms with Crippen LogP contribution in [0.15, 0.2) is 24.3 Å². The summed E-state index contributed by atoms with van der Waals surface area (Å²) in [7, 11) is 2.08. The molecule has 1 nitrogen and oxygen atoms in total. The number of nitrogens with zero attached hydrogens (tertiary/aromatic N) is 1. The van der Waals surface area contributed by atoms with E-state index in [1.807, 2.05) is 19.1 Å². The average molecular weight is 205 g/mol. The van der Waals surface area contributed by atoms with Crippen molar-refractivity contribution in [1.82, 2.24) is 4.90 Å². The molecule has 1 heterocycles. The molecule has 0 amide bonds. The van der Waals surface area contributed by atoms with Crippen LogP contribution >= 0.6 is 0 Å². The molecule has 1 aromatic rings. The highest BCUT2D eigenvalue weighted by molar-refractivity contribution is 5.67. The van der Waals surface area contributed by atoms with Gasteiger partial charge < -0.3 is 4.90 Å². The fraction of sp³-hybridized carbons (Fsp3) is 0.385. The Morgan fingerprint density at radius 2 is 2.13 bits per heavy atom. The van der Waals surface area contributed by atoms with E-state index in [2.05, 4.69) is 18.0 Å². The van der Waals surface area contributed by atoms with Crippen LogP contribution in [0.5, 0.6) is 0 Å². The lowest BCUT2D eigenvalue weighted by molar-refractivity contribution is 0.369. The lowest BCUT2D eigenvalue weighted by atomic mass is 9.98. The topological polar surface area (TPSA) is 3.24 Å². The second-order valence-corrected chi connectivity index (χ2v) is 4.22. The minimum Gasteiger partial charge on any atom is -0.302 e. The zero-order valence-corrected chi connectivity index (χ0v) is 9.26. The highest BCUT2D eigenvalue weighted by atomic mass is 19.1. The Kier molecular flexibility index (Phi) is 2.87. The summed E-state index contributed by atoms with van der Waals surface area (Å²) in [5, 5.41) is 0. The van der Waals surface area contributed by atoms with Crippen LogP contribution in [0.25, 0.3) is 5.57 Å². The summed E-state index contributed by atoms with van der Waals surface area (Å²) in [6, 6.07) is 5.47. The van der Waals surface area contributed by atoms with Gasteiger partial charge in [-0.3, -0.25) is 0 Å². The first-order valence-corrected chi connectivity index (χ1v) is 5.31. The van der Waals surface area contributed by atoms with Gasteiger partial charge in [0.1, 0.15) is 5.82 Å². The lowest BCUT2D eigenvalue weighted by Gasteiger charge is -2.22. The van der Waals surface area contributed by atoms with Gasteiger partial charge in [0.25, 0.3) is 0 Å². The molecule has 0 radical (unpaired) electrons. The van der Waals surface area contributed by atoms with E-state index >= 15 is 0 Å². The molecule has 0 atom stereocenters. The summed E-state index contributed by atoms with van der Waals surface area (Å²) in [5.41, 5.74) is 2.89. The largest absolute Gasteiger partial charge is 0.302 e. The van der Waals surface area contributed by atoms with Crippen molar-refractivity contribution in [2.24, 2.45) is 0 Å². The minimum atomic E-state index is -0.0918. The predicted molar refractivity (Wildman–Crippen MR) is 61.2 cm³/mol. The molecule has 2 heteroatoms. The first-order chi connectivity index (χ1) is 7.16. The van der Waals surface area contributed by atoms with Crippen molar-refractivity contribution in [1.29, 1.82) is 0 Å². The van der Waals surface area contributed by atoms with Gasteiger partial charge in [-0.1, -0.05) is 18.2 Å². The molecule has 0 saturated heterocycles. The second kappa shape index (κ2) is 4.15. The van der Waals surface area contributed by atoms with Crippen molar-refractivity contribution >= 4 is 5.57 Å². The fourth-order valence-electron chi connectivity index (χ4n) is 1.90. The second-order valence-electron chi connectivity index (χ2n) is 4.22. The Labute approximate surface area is 90.2 Å². The third-order valence-electron chi connectivity index (χ3n) is 2.88. The van der Waals surface area contributed by atoms with Crippen LogP contribution in [0.2, 0.25) is 0 Å². The zero-order chi connectivity index (χ0) is 10.8. The molecule has 15 heavy (non-hydrogen) atoms. The highest BCUT2D eigenvalue weighted by Gasteiger charge is 2.12. The quantitative estimate of drug-likeness (QED) is 0.681. The minimum absolute atomic E-state index is 0.0918. The van der Waals surface area contributed by atoms with Gasteiger partial charge in [-0.05, 0) is 37.6 Å². The van der Waals surface area contributed by atoms with Crippen molar-refractivity contribution in [3.05, 3.63) is 41.2 Å². The van der Waals surface area contributed by atoms with E-state index in [9.17, 15) is 4.39 Å². The Hall–Kier alpha value is -1.15. The molecule has 0 bridgehead atoms. The molecule has 2 rings (SSSR count). The normalized spacial score (nSPS) is 17.7. The fourth-order valence-corrected chi connectivity index (χ4v) is 1.90. The SMILES string of the molecule is Cc1ccc(C2=CCN(C)CC2)c(F)c1. The molecule has 0 aromatic heterocycles. The Morgan fingerprint density at radius 3 is 2.73 bits per heavy atom. The monoisotopic (exact) mass is 205 g/mol. The van der Waals surface area contributed by atoms with E-state index in [-0.39, 0.29) is 5.82 Å². The molecule has 1 aliphatic rings. The highest BCUT2D eigenvalue weighted by Crippen LogP contribution is 2.24. The molecule has 0 N–H and O–H groups in total. The van der Waals surface area contributed by atoms with Gasteiger partial charge in [-0.15, -0.1) is 0 Å². The molecule has 0 spiro atoms. The maximum atomic E-state index is 13.7. The maximum Gasteiger partial charge on any atom is 0.130 e.